The van der Waals surface area contributed by atoms with Crippen molar-refractivity contribution in [2.75, 3.05) is 65.5 Å². The van der Waals surface area contributed by atoms with E-state index in [9.17, 15) is 4.79 Å². The van der Waals surface area contributed by atoms with Crippen LogP contribution in [0.1, 0.15) is 0 Å². The molecular formula is C16H25N3O4. The van der Waals surface area contributed by atoms with Crippen LogP contribution in [0.15, 0.2) is 18.2 Å². The van der Waals surface area contributed by atoms with Gasteiger partial charge in [-0.1, -0.05) is 0 Å². The van der Waals surface area contributed by atoms with Crippen LogP contribution in [0.2, 0.25) is 0 Å². The van der Waals surface area contributed by atoms with Crippen molar-refractivity contribution in [3.8, 4) is 11.5 Å². The van der Waals surface area contributed by atoms with Crippen LogP contribution in [-0.2, 0) is 9.53 Å². The number of anilines is 1. The summed E-state index contributed by atoms with van der Waals surface area (Å²) in [5, 5.41) is 5.99. The van der Waals surface area contributed by atoms with Crippen molar-refractivity contribution in [3.05, 3.63) is 18.2 Å². The zero-order valence-corrected chi connectivity index (χ0v) is 13.8. The van der Waals surface area contributed by atoms with Gasteiger partial charge in [0.05, 0.1) is 39.7 Å². The first-order chi connectivity index (χ1) is 11.2. The Balaban J connectivity index is 1.71. The summed E-state index contributed by atoms with van der Waals surface area (Å²) in [4.78, 5) is 14.2. The van der Waals surface area contributed by atoms with E-state index >= 15 is 0 Å². The highest BCUT2D eigenvalue weighted by atomic mass is 16.5. The molecule has 0 unspecified atom stereocenters. The van der Waals surface area contributed by atoms with E-state index in [1.165, 1.54) is 0 Å². The molecule has 1 fully saturated rings. The molecule has 1 aromatic carbocycles. The summed E-state index contributed by atoms with van der Waals surface area (Å²) in [6, 6.07) is 5.43. The number of hydrogen-bond donors (Lipinski definition) is 2. The minimum absolute atomic E-state index is 0.0452. The summed E-state index contributed by atoms with van der Waals surface area (Å²) >= 11 is 0. The van der Waals surface area contributed by atoms with Gasteiger partial charge >= 0.3 is 0 Å². The molecule has 1 saturated heterocycles. The molecule has 0 aliphatic carbocycles. The van der Waals surface area contributed by atoms with Gasteiger partial charge in [0.15, 0.2) is 0 Å². The first-order valence-electron chi connectivity index (χ1n) is 7.75. The topological polar surface area (TPSA) is 72.1 Å². The fourth-order valence-electron chi connectivity index (χ4n) is 2.36. The standard InChI is InChI=1S/C16H25N3O4/c1-21-13-3-4-14(15(11-13)22-2)18-12-16(20)17-5-6-19-7-9-23-10-8-19/h3-4,11,18H,5-10,12H2,1-2H3,(H,17,20). The highest BCUT2D eigenvalue weighted by molar-refractivity contribution is 5.81. The maximum absolute atomic E-state index is 11.9. The van der Waals surface area contributed by atoms with Crippen molar-refractivity contribution in [2.45, 2.75) is 0 Å². The van der Waals surface area contributed by atoms with Crippen molar-refractivity contribution < 1.29 is 19.0 Å². The molecule has 2 rings (SSSR count). The number of methoxy groups -OCH3 is 2. The molecule has 0 aromatic heterocycles. The molecule has 2 N–H and O–H groups in total. The average Bonchev–Trinajstić information content (AvgIpc) is 2.60. The third-order valence-corrected chi connectivity index (χ3v) is 3.70. The van der Waals surface area contributed by atoms with Crippen LogP contribution in [0.5, 0.6) is 11.5 Å². The largest absolute Gasteiger partial charge is 0.497 e. The van der Waals surface area contributed by atoms with Crippen LogP contribution in [0.4, 0.5) is 5.69 Å². The number of benzene rings is 1. The lowest BCUT2D eigenvalue weighted by Crippen LogP contribution is -2.42. The molecule has 0 spiro atoms. The third kappa shape index (κ3) is 5.61. The Kier molecular flexibility index (Phi) is 6.96. The number of nitrogens with zero attached hydrogens (tertiary/aromatic N) is 1. The number of rotatable bonds is 8. The molecule has 1 heterocycles. The van der Waals surface area contributed by atoms with Gasteiger partial charge in [-0.05, 0) is 12.1 Å². The van der Waals surface area contributed by atoms with Gasteiger partial charge in [0, 0.05) is 32.2 Å². The fraction of sp³-hybridized carbons (Fsp3) is 0.562. The Morgan fingerprint density at radius 2 is 2.04 bits per heavy atom. The molecule has 128 valence electrons. The molecule has 7 heteroatoms. The highest BCUT2D eigenvalue weighted by Crippen LogP contribution is 2.28. The quantitative estimate of drug-likeness (QED) is 0.728. The number of carbonyl (C=O) groups is 1. The summed E-state index contributed by atoms with van der Waals surface area (Å²) in [6.07, 6.45) is 0. The Morgan fingerprint density at radius 3 is 2.74 bits per heavy atom. The minimum atomic E-state index is -0.0452. The molecule has 1 aliphatic rings. The van der Waals surface area contributed by atoms with Gasteiger partial charge < -0.3 is 24.8 Å². The molecule has 1 amide bonds. The Labute approximate surface area is 136 Å². The Morgan fingerprint density at radius 1 is 1.26 bits per heavy atom. The first-order valence-corrected chi connectivity index (χ1v) is 7.75. The second-order valence-electron chi connectivity index (χ2n) is 5.22. The normalized spacial score (nSPS) is 15.0. The van der Waals surface area contributed by atoms with E-state index in [1.807, 2.05) is 12.1 Å². The van der Waals surface area contributed by atoms with E-state index in [-0.39, 0.29) is 12.5 Å². The Hall–Kier alpha value is -1.99. The maximum Gasteiger partial charge on any atom is 0.239 e. The minimum Gasteiger partial charge on any atom is -0.497 e. The fourth-order valence-corrected chi connectivity index (χ4v) is 2.36. The maximum atomic E-state index is 11.9. The second-order valence-corrected chi connectivity index (χ2v) is 5.22. The molecule has 0 bridgehead atoms. The average molecular weight is 323 g/mol. The smallest absolute Gasteiger partial charge is 0.239 e. The van der Waals surface area contributed by atoms with Crippen LogP contribution in [-0.4, -0.2) is 71.0 Å². The summed E-state index contributed by atoms with van der Waals surface area (Å²) in [6.45, 7) is 5.08. The summed E-state index contributed by atoms with van der Waals surface area (Å²) < 4.78 is 15.7. The van der Waals surface area contributed by atoms with E-state index in [4.69, 9.17) is 14.2 Å². The second kappa shape index (κ2) is 9.22. The molecule has 0 radical (unpaired) electrons. The van der Waals surface area contributed by atoms with E-state index in [0.717, 1.165) is 38.5 Å². The van der Waals surface area contributed by atoms with E-state index in [0.29, 0.717) is 18.0 Å². The number of ether oxygens (including phenoxy) is 3. The number of nitrogens with one attached hydrogen (secondary N) is 2. The van der Waals surface area contributed by atoms with Crippen LogP contribution >= 0.6 is 0 Å². The summed E-state index contributed by atoms with van der Waals surface area (Å²) in [7, 11) is 3.19. The number of amides is 1. The predicted octanol–water partition coefficient (Wildman–Crippen LogP) is 0.564. The van der Waals surface area contributed by atoms with Crippen molar-refractivity contribution >= 4 is 11.6 Å². The monoisotopic (exact) mass is 323 g/mol. The number of carbonyl (C=O) groups excluding carboxylic acids is 1. The molecule has 23 heavy (non-hydrogen) atoms. The molecule has 1 aliphatic heterocycles. The lowest BCUT2D eigenvalue weighted by molar-refractivity contribution is -0.119. The first kappa shape index (κ1) is 17.4. The van der Waals surface area contributed by atoms with Gasteiger partial charge in [0.2, 0.25) is 5.91 Å². The van der Waals surface area contributed by atoms with Gasteiger partial charge in [0.25, 0.3) is 0 Å². The van der Waals surface area contributed by atoms with Gasteiger partial charge in [-0.3, -0.25) is 9.69 Å². The number of hydrogen-bond acceptors (Lipinski definition) is 6. The predicted molar refractivity (Wildman–Crippen MR) is 88.3 cm³/mol. The molecular weight excluding hydrogens is 298 g/mol. The highest BCUT2D eigenvalue weighted by Gasteiger charge is 2.10. The van der Waals surface area contributed by atoms with Crippen LogP contribution < -0.4 is 20.1 Å². The van der Waals surface area contributed by atoms with Gasteiger partial charge in [0.1, 0.15) is 11.5 Å². The van der Waals surface area contributed by atoms with E-state index in [1.54, 1.807) is 20.3 Å². The number of morpholine rings is 1. The zero-order chi connectivity index (χ0) is 16.5. The van der Waals surface area contributed by atoms with Crippen molar-refractivity contribution in [3.63, 3.8) is 0 Å². The van der Waals surface area contributed by atoms with Gasteiger partial charge in [-0.15, -0.1) is 0 Å². The summed E-state index contributed by atoms with van der Waals surface area (Å²) in [5.41, 5.74) is 0.761. The van der Waals surface area contributed by atoms with E-state index < -0.39 is 0 Å². The third-order valence-electron chi connectivity index (χ3n) is 3.70. The van der Waals surface area contributed by atoms with E-state index in [2.05, 4.69) is 15.5 Å². The Bertz CT molecular complexity index is 504. The SMILES string of the molecule is COc1ccc(NCC(=O)NCCN2CCOCC2)c(OC)c1. The molecule has 0 saturated carbocycles. The van der Waals surface area contributed by atoms with Gasteiger partial charge in [-0.2, -0.15) is 0 Å². The van der Waals surface area contributed by atoms with Gasteiger partial charge in [-0.25, -0.2) is 0 Å². The van der Waals surface area contributed by atoms with Crippen LogP contribution in [0.3, 0.4) is 0 Å². The molecule has 7 nitrogen and oxygen atoms in total. The lowest BCUT2D eigenvalue weighted by Gasteiger charge is -2.26. The van der Waals surface area contributed by atoms with Crippen LogP contribution in [0, 0.1) is 0 Å². The van der Waals surface area contributed by atoms with Crippen molar-refractivity contribution in [2.24, 2.45) is 0 Å². The zero-order valence-electron chi connectivity index (χ0n) is 13.8. The van der Waals surface area contributed by atoms with Crippen molar-refractivity contribution in [1.29, 1.82) is 0 Å². The van der Waals surface area contributed by atoms with Crippen molar-refractivity contribution in [1.82, 2.24) is 10.2 Å². The molecule has 0 atom stereocenters. The molecule has 1 aromatic rings. The summed E-state index contributed by atoms with van der Waals surface area (Å²) in [5.74, 6) is 1.31. The van der Waals surface area contributed by atoms with Crippen LogP contribution in [0.25, 0.3) is 0 Å². The lowest BCUT2D eigenvalue weighted by atomic mass is 10.2.